The molecule has 5 nitrogen and oxygen atoms in total. The number of rotatable bonds is 5. The van der Waals surface area contributed by atoms with Crippen LogP contribution in [0.1, 0.15) is 50.5 Å². The molecule has 1 N–H and O–H groups in total. The molecule has 4 rings (SSSR count). The minimum atomic E-state index is -4.83. The van der Waals surface area contributed by atoms with Crippen molar-refractivity contribution in [2.24, 2.45) is 15.9 Å². The summed E-state index contributed by atoms with van der Waals surface area (Å²) in [5, 5.41) is 2.33. The number of halogens is 6. The number of nitrogens with one attached hydrogen (secondary N) is 1. The maximum absolute atomic E-state index is 15.1. The van der Waals surface area contributed by atoms with E-state index in [-0.39, 0.29) is 21.4 Å². The molecule has 1 amide bonds. The normalized spacial score (nSPS) is 29.6. The zero-order valence-corrected chi connectivity index (χ0v) is 24.6. The summed E-state index contributed by atoms with van der Waals surface area (Å²) >= 11 is -1.77. The average Bonchev–Trinajstić information content (AvgIpc) is 2.86. The number of hydrogen-bond acceptors (Lipinski definition) is 4. The molecule has 0 bridgehead atoms. The summed E-state index contributed by atoms with van der Waals surface area (Å²) in [6.07, 6.45) is -3.38. The van der Waals surface area contributed by atoms with Gasteiger partial charge in [0.2, 0.25) is 0 Å². The molecule has 2 aliphatic heterocycles. The number of amidine groups is 1. The van der Waals surface area contributed by atoms with E-state index in [1.165, 1.54) is 7.05 Å². The first kappa shape index (κ1) is 28.5. The van der Waals surface area contributed by atoms with Crippen molar-refractivity contribution in [3.05, 3.63) is 53.2 Å². The number of alkyl carbamates (subject to hydrolysis) is 1. The molecule has 1 aromatic carbocycles. The molecule has 1 saturated carbocycles. The number of allylic oxidation sites excluding steroid dienone is 1. The molecule has 0 spiro atoms. The predicted molar refractivity (Wildman–Crippen MR) is 126 cm³/mol. The van der Waals surface area contributed by atoms with Gasteiger partial charge in [-0.25, -0.2) is 0 Å². The summed E-state index contributed by atoms with van der Waals surface area (Å²) in [6, 6.07) is 7.63. The second-order valence-corrected chi connectivity index (χ2v) is 14.8. The van der Waals surface area contributed by atoms with E-state index in [2.05, 4.69) is 16.9 Å². The van der Waals surface area contributed by atoms with E-state index in [1.54, 1.807) is 4.08 Å². The fourth-order valence-electron chi connectivity index (χ4n) is 4.85. The Labute approximate surface area is 234 Å². The van der Waals surface area contributed by atoms with Crippen LogP contribution >= 0.6 is 0 Å². The third-order valence-corrected chi connectivity index (χ3v) is 11.8. The molecule has 2 heterocycles. The van der Waals surface area contributed by atoms with Gasteiger partial charge in [-0.1, -0.05) is 0 Å². The molecule has 204 valence electrons. The van der Waals surface area contributed by atoms with E-state index in [0.29, 0.717) is 22.1 Å². The van der Waals surface area contributed by atoms with Crippen LogP contribution in [0.3, 0.4) is 0 Å². The molecule has 0 aromatic heterocycles. The summed E-state index contributed by atoms with van der Waals surface area (Å²) in [7, 11) is 1.33. The molecule has 11 heteroatoms. The number of hydrogen-bond donors (Lipinski definition) is 1. The Morgan fingerprint density at radius 3 is 2.70 bits per heavy atom. The molecule has 1 saturated heterocycles. The van der Waals surface area contributed by atoms with Crippen molar-refractivity contribution < 1.29 is 69.5 Å². The Morgan fingerprint density at radius 2 is 2.00 bits per heavy atom. The van der Waals surface area contributed by atoms with Crippen LogP contribution in [0, 0.1) is 9.49 Å². The van der Waals surface area contributed by atoms with Crippen LogP contribution in [0.5, 0.6) is 0 Å². The molecule has 2 fully saturated rings. The van der Waals surface area contributed by atoms with Crippen LogP contribution < -0.4 is 47.7 Å². The van der Waals surface area contributed by atoms with Crippen molar-refractivity contribution >= 4 is 17.6 Å². The molecule has 0 radical (unpaired) electrons. The summed E-state index contributed by atoms with van der Waals surface area (Å²) in [5.41, 5.74) is 1.04. The number of nitrogens with zero attached hydrogens (tertiary/aromatic N) is 2. The van der Waals surface area contributed by atoms with Crippen molar-refractivity contribution in [3.8, 4) is 0 Å². The van der Waals surface area contributed by atoms with E-state index >= 15 is 4.39 Å². The van der Waals surface area contributed by atoms with Crippen LogP contribution in [0.4, 0.5) is 22.4 Å². The van der Waals surface area contributed by atoms with Gasteiger partial charge in [-0.15, -0.1) is 0 Å². The van der Waals surface area contributed by atoms with Crippen LogP contribution in [0.25, 0.3) is 0 Å². The first-order valence-corrected chi connectivity index (χ1v) is 16.8. The van der Waals surface area contributed by atoms with Crippen molar-refractivity contribution in [3.63, 3.8) is 0 Å². The molecule has 3 aliphatic rings. The number of benzene rings is 1. The number of cyclic esters (lactones) is 1. The topological polar surface area (TPSA) is 63.0 Å². The van der Waals surface area contributed by atoms with Crippen molar-refractivity contribution in [2.45, 2.75) is 67.4 Å². The molecule has 1 aliphatic carbocycles. The van der Waals surface area contributed by atoms with Crippen LogP contribution in [0.15, 0.2) is 54.1 Å². The van der Waals surface area contributed by atoms with Gasteiger partial charge in [-0.3, -0.25) is 0 Å². The number of amides is 1. The van der Waals surface area contributed by atoms with Gasteiger partial charge in [0.05, 0.1) is 0 Å². The predicted octanol–water partition coefficient (Wildman–Crippen LogP) is -0.0418. The molecule has 4 atom stereocenters. The van der Waals surface area contributed by atoms with Crippen molar-refractivity contribution in [1.29, 1.82) is 0 Å². The Bertz CT molecular complexity index is 1120. The first-order chi connectivity index (χ1) is 17.7. The molecular formula is C26H29F4I2N3O2-2. The second kappa shape index (κ2) is 12.6. The number of aliphatic imine (C=N–C) groups is 2. The number of fused-ring (bicyclic) bond motifs is 1. The molecular weight excluding hydrogens is 716 g/mol. The van der Waals surface area contributed by atoms with E-state index in [9.17, 15) is 18.0 Å². The summed E-state index contributed by atoms with van der Waals surface area (Å²) in [6.45, 7) is 3.81. The minimum absolute atomic E-state index is 0.0986. The van der Waals surface area contributed by atoms with Crippen molar-refractivity contribution in [2.75, 3.05) is 7.05 Å². The fraction of sp³-hybridized carbons (Fsp3) is 0.500. The summed E-state index contributed by atoms with van der Waals surface area (Å²) in [4.78, 5) is 20.9. The Balaban J connectivity index is 1.83. The van der Waals surface area contributed by atoms with Gasteiger partial charge in [0.25, 0.3) is 0 Å². The van der Waals surface area contributed by atoms with E-state index < -0.39 is 67.0 Å². The van der Waals surface area contributed by atoms with Gasteiger partial charge >= 0.3 is 236 Å². The first-order valence-electron chi connectivity index (χ1n) is 12.2. The monoisotopic (exact) mass is 745 g/mol. The van der Waals surface area contributed by atoms with Crippen LogP contribution in [-0.4, -0.2) is 47.2 Å². The average molecular weight is 745 g/mol. The van der Waals surface area contributed by atoms with Gasteiger partial charge in [0, 0.05) is 0 Å². The zero-order chi connectivity index (χ0) is 26.6. The Morgan fingerprint density at radius 1 is 1.27 bits per heavy atom. The van der Waals surface area contributed by atoms with E-state index in [1.807, 2.05) is 24.3 Å². The number of alkyl halides is 5. The van der Waals surface area contributed by atoms with E-state index in [4.69, 9.17) is 9.73 Å². The number of carbonyl (C=O) groups excluding carboxylic acids is 1. The zero-order valence-electron chi connectivity index (χ0n) is 20.3. The maximum atomic E-state index is 15.1. The molecule has 1 aromatic rings. The fourth-order valence-corrected chi connectivity index (χ4v) is 10.2. The van der Waals surface area contributed by atoms with Gasteiger partial charge < -0.3 is 0 Å². The van der Waals surface area contributed by atoms with Gasteiger partial charge in [-0.2, -0.15) is 0 Å². The van der Waals surface area contributed by atoms with Gasteiger partial charge in [-0.05, 0) is 0 Å². The van der Waals surface area contributed by atoms with Gasteiger partial charge in [0.15, 0.2) is 0 Å². The number of ether oxygens (including phenoxy) is 1. The molecule has 1 unspecified atom stereocenters. The Hall–Kier alpha value is -1.51. The SMILES string of the molecule is C=C[I-]/C(C1=NC(C[C@H]2CCCCCC[C@H]2F)[I-]c2ccccc21)=C1\C(=NC)NC(=O)O[C@H]1C(F)(F)F. The number of carbonyl (C=O) groups is 1. The summed E-state index contributed by atoms with van der Waals surface area (Å²) < 4.78 is 65.2. The van der Waals surface area contributed by atoms with Gasteiger partial charge in [0.1, 0.15) is 0 Å². The Kier molecular flexibility index (Phi) is 9.68. The second-order valence-electron chi connectivity index (χ2n) is 9.02. The van der Waals surface area contributed by atoms with E-state index in [0.717, 1.165) is 41.2 Å². The third kappa shape index (κ3) is 6.74. The van der Waals surface area contributed by atoms with Crippen LogP contribution in [-0.2, 0) is 4.74 Å². The molecule has 37 heavy (non-hydrogen) atoms. The third-order valence-electron chi connectivity index (χ3n) is 6.57. The standard InChI is InChI=1S/C26H29F4I2N3O2/c1-3-31-21(20-23(26(28,29)30)37-25(36)35-24(20)33-2)22-16-11-8-9-13-18(16)32-19(34-22)14-15-10-6-4-5-7-12-17(15)27/h3,8-9,11,13,15,17,19,23H,1,4-7,10,12,14H2,2H3,(H,33,35,36)/q-2/b21-20-/t15-,17-,19?,23-/m1/s1. The van der Waals surface area contributed by atoms with Crippen LogP contribution in [0.2, 0.25) is 0 Å². The summed E-state index contributed by atoms with van der Waals surface area (Å²) in [5.74, 6) is -0.269. The quantitative estimate of drug-likeness (QED) is 0.199. The van der Waals surface area contributed by atoms with Crippen molar-refractivity contribution in [1.82, 2.24) is 5.32 Å².